The van der Waals surface area contributed by atoms with Crippen LogP contribution < -0.4 is 15.1 Å². The van der Waals surface area contributed by atoms with Crippen molar-refractivity contribution in [2.24, 2.45) is 7.05 Å². The summed E-state index contributed by atoms with van der Waals surface area (Å²) in [6, 6.07) is 9.59. The van der Waals surface area contributed by atoms with Gasteiger partial charge >= 0.3 is 0 Å². The third-order valence-electron chi connectivity index (χ3n) is 2.63. The Balaban J connectivity index is 2.00. The molecular weight excluding hydrogens is 264 g/mol. The molecule has 0 bridgehead atoms. The smallest absolute Gasteiger partial charge is 0.252 e. The predicted octanol–water partition coefficient (Wildman–Crippen LogP) is 0.401. The molecular formula is C12H14N4O2S. The maximum Gasteiger partial charge on any atom is 0.252 e. The van der Waals surface area contributed by atoms with Crippen molar-refractivity contribution in [3.8, 4) is 5.95 Å². The second-order valence-corrected chi connectivity index (χ2v) is 4.47. The molecule has 0 spiro atoms. The second kappa shape index (κ2) is 5.66. The highest BCUT2D eigenvalue weighted by Gasteiger charge is 2.17. The van der Waals surface area contributed by atoms with E-state index < -0.39 is 5.95 Å². The summed E-state index contributed by atoms with van der Waals surface area (Å²) in [5.74, 6) is -0.447. The van der Waals surface area contributed by atoms with Crippen molar-refractivity contribution in [3.63, 3.8) is 0 Å². The number of nitrogens with zero attached hydrogens (tertiary/aromatic N) is 3. The van der Waals surface area contributed by atoms with Gasteiger partial charge < -0.3 is 19.8 Å². The van der Waals surface area contributed by atoms with E-state index in [1.807, 2.05) is 30.3 Å². The van der Waals surface area contributed by atoms with Crippen LogP contribution in [-0.2, 0) is 13.6 Å². The Labute approximate surface area is 116 Å². The van der Waals surface area contributed by atoms with Crippen molar-refractivity contribution >= 4 is 23.0 Å². The standard InChI is InChI=1S/C12H14N4O2S/c1-15(8-10-11(17)18-14-16(10)2)12(19)13-9-6-4-3-5-7-9/h3-7H,8H2,1-2H3,(H-,13,14,17,19). The molecule has 1 aromatic heterocycles. The average molecular weight is 278 g/mol. The summed E-state index contributed by atoms with van der Waals surface area (Å²) in [6.45, 7) is 0.331. The SMILES string of the molecule is CN(Cc1c([O-])on[n+]1C)C(=S)Nc1ccccc1. The minimum absolute atomic E-state index is 0.331. The number of hydrogen-bond donors (Lipinski definition) is 1. The lowest BCUT2D eigenvalue weighted by Gasteiger charge is -2.19. The molecule has 0 radical (unpaired) electrons. The van der Waals surface area contributed by atoms with Crippen molar-refractivity contribution in [1.82, 2.24) is 10.2 Å². The van der Waals surface area contributed by atoms with E-state index in [4.69, 9.17) is 12.2 Å². The summed E-state index contributed by atoms with van der Waals surface area (Å²) in [6.07, 6.45) is 0. The first-order valence-corrected chi connectivity index (χ1v) is 6.08. The van der Waals surface area contributed by atoms with Crippen LogP contribution in [0.3, 0.4) is 0 Å². The van der Waals surface area contributed by atoms with Crippen LogP contribution >= 0.6 is 12.2 Å². The van der Waals surface area contributed by atoms with E-state index >= 15 is 0 Å². The highest BCUT2D eigenvalue weighted by Crippen LogP contribution is 2.11. The van der Waals surface area contributed by atoms with Gasteiger partial charge in [-0.2, -0.15) is 0 Å². The Morgan fingerprint density at radius 3 is 2.74 bits per heavy atom. The van der Waals surface area contributed by atoms with Crippen molar-refractivity contribution < 1.29 is 14.3 Å². The number of rotatable bonds is 3. The maximum atomic E-state index is 11.4. The normalized spacial score (nSPS) is 10.2. The Kier molecular flexibility index (Phi) is 3.96. The molecule has 1 heterocycles. The molecule has 2 aromatic rings. The summed E-state index contributed by atoms with van der Waals surface area (Å²) < 4.78 is 5.97. The summed E-state index contributed by atoms with van der Waals surface area (Å²) in [5.41, 5.74) is 1.34. The van der Waals surface area contributed by atoms with Crippen LogP contribution in [0.5, 0.6) is 5.95 Å². The highest BCUT2D eigenvalue weighted by molar-refractivity contribution is 7.80. The molecule has 0 aliphatic heterocycles. The van der Waals surface area contributed by atoms with Gasteiger partial charge in [-0.3, -0.25) is 0 Å². The van der Waals surface area contributed by atoms with Gasteiger partial charge in [0.25, 0.3) is 5.69 Å². The largest absolute Gasteiger partial charge is 0.539 e. The van der Waals surface area contributed by atoms with Gasteiger partial charge in [0.2, 0.25) is 0 Å². The number of para-hydroxylation sites is 1. The van der Waals surface area contributed by atoms with E-state index in [-0.39, 0.29) is 0 Å². The minimum Gasteiger partial charge on any atom is -0.539 e. The fourth-order valence-electron chi connectivity index (χ4n) is 1.54. The van der Waals surface area contributed by atoms with Crippen LogP contribution in [-0.4, -0.2) is 22.3 Å². The van der Waals surface area contributed by atoms with Crippen molar-refractivity contribution in [2.45, 2.75) is 6.54 Å². The Hall–Kier alpha value is -2.15. The molecule has 7 heteroatoms. The van der Waals surface area contributed by atoms with E-state index in [2.05, 4.69) is 15.1 Å². The maximum absolute atomic E-state index is 11.4. The van der Waals surface area contributed by atoms with Crippen LogP contribution in [0.1, 0.15) is 5.69 Å². The van der Waals surface area contributed by atoms with E-state index in [9.17, 15) is 5.11 Å². The number of hydrogen-bond acceptors (Lipinski definition) is 4. The summed E-state index contributed by atoms with van der Waals surface area (Å²) in [7, 11) is 3.45. The lowest BCUT2D eigenvalue weighted by molar-refractivity contribution is -0.746. The molecule has 1 aromatic carbocycles. The number of aryl methyl sites for hydroxylation is 1. The zero-order valence-electron chi connectivity index (χ0n) is 10.7. The monoisotopic (exact) mass is 278 g/mol. The molecule has 0 saturated carbocycles. The molecule has 0 amide bonds. The Bertz CT molecular complexity index is 551. The molecule has 0 fully saturated rings. The van der Waals surface area contributed by atoms with Crippen LogP contribution in [0.15, 0.2) is 34.9 Å². The van der Waals surface area contributed by atoms with Gasteiger partial charge in [-0.25, -0.2) is 0 Å². The van der Waals surface area contributed by atoms with Gasteiger partial charge in [-0.1, -0.05) is 22.9 Å². The highest BCUT2D eigenvalue weighted by atomic mass is 32.1. The average Bonchev–Trinajstić information content (AvgIpc) is 2.71. The summed E-state index contributed by atoms with van der Waals surface area (Å²) in [5, 5.41) is 18.6. The first kappa shape index (κ1) is 13.3. The molecule has 0 atom stereocenters. The zero-order valence-corrected chi connectivity index (χ0v) is 11.5. The molecule has 0 saturated heterocycles. The predicted molar refractivity (Wildman–Crippen MR) is 71.3 cm³/mol. The van der Waals surface area contributed by atoms with Gasteiger partial charge in [0, 0.05) is 12.7 Å². The fourth-order valence-corrected chi connectivity index (χ4v) is 1.72. The number of thiocarbonyl (C=S) groups is 1. The topological polar surface area (TPSA) is 68.2 Å². The van der Waals surface area contributed by atoms with Crippen LogP contribution in [0.2, 0.25) is 0 Å². The first-order valence-electron chi connectivity index (χ1n) is 5.67. The van der Waals surface area contributed by atoms with Crippen LogP contribution in [0.4, 0.5) is 5.69 Å². The van der Waals surface area contributed by atoms with E-state index in [0.29, 0.717) is 17.4 Å². The summed E-state index contributed by atoms with van der Waals surface area (Å²) in [4.78, 5) is 1.75. The van der Waals surface area contributed by atoms with Gasteiger partial charge in [-0.15, -0.1) is 0 Å². The molecule has 0 aliphatic carbocycles. The van der Waals surface area contributed by atoms with Gasteiger partial charge in [0.1, 0.15) is 6.54 Å². The molecule has 19 heavy (non-hydrogen) atoms. The second-order valence-electron chi connectivity index (χ2n) is 4.08. The van der Waals surface area contributed by atoms with Gasteiger partial charge in [-0.05, 0) is 24.4 Å². The lowest BCUT2D eigenvalue weighted by Crippen LogP contribution is -2.39. The first-order chi connectivity index (χ1) is 9.08. The van der Waals surface area contributed by atoms with Crippen molar-refractivity contribution in [2.75, 3.05) is 12.4 Å². The Morgan fingerprint density at radius 1 is 1.47 bits per heavy atom. The van der Waals surface area contributed by atoms with Crippen molar-refractivity contribution in [3.05, 3.63) is 36.0 Å². The van der Waals surface area contributed by atoms with Crippen LogP contribution in [0, 0.1) is 0 Å². The van der Waals surface area contributed by atoms with Gasteiger partial charge in [0.15, 0.2) is 18.1 Å². The lowest BCUT2D eigenvalue weighted by atomic mass is 10.3. The van der Waals surface area contributed by atoms with Gasteiger partial charge in [0.05, 0.1) is 5.27 Å². The molecule has 100 valence electrons. The third kappa shape index (κ3) is 3.19. The molecule has 1 N–H and O–H groups in total. The molecule has 0 aliphatic rings. The minimum atomic E-state index is -0.447. The van der Waals surface area contributed by atoms with E-state index in [1.54, 1.807) is 19.0 Å². The Morgan fingerprint density at radius 2 is 2.16 bits per heavy atom. The molecule has 6 nitrogen and oxygen atoms in total. The third-order valence-corrected chi connectivity index (χ3v) is 3.04. The fraction of sp³-hybridized carbons (Fsp3) is 0.250. The van der Waals surface area contributed by atoms with Crippen molar-refractivity contribution in [1.29, 1.82) is 0 Å². The summed E-state index contributed by atoms with van der Waals surface area (Å²) >= 11 is 5.27. The molecule has 2 rings (SSSR count). The number of nitrogens with one attached hydrogen (secondary N) is 1. The van der Waals surface area contributed by atoms with E-state index in [1.165, 1.54) is 4.68 Å². The van der Waals surface area contributed by atoms with E-state index in [0.717, 1.165) is 5.69 Å². The molecule has 0 unspecified atom stereocenters. The zero-order chi connectivity index (χ0) is 13.8. The number of aromatic nitrogens is 2. The van der Waals surface area contributed by atoms with Crippen LogP contribution in [0.25, 0.3) is 0 Å². The quantitative estimate of drug-likeness (QED) is 0.647. The number of benzene rings is 1. The number of anilines is 1.